The topological polar surface area (TPSA) is 39.4 Å². The number of carbonyl (C=O) groups excluding carboxylic acids is 1. The number of esters is 1. The molecule has 1 heterocycles. The van der Waals surface area contributed by atoms with E-state index in [2.05, 4.69) is 0 Å². The standard InChI is InChI=1S/C12H9F3O3/c1-2-17-11(16)10-6-7-5-8(12(13,14)15)3-4-9(7)18-10/h3-6H,2H2,1H3. The summed E-state index contributed by atoms with van der Waals surface area (Å²) in [5.41, 5.74) is -0.572. The van der Waals surface area contributed by atoms with Crippen molar-refractivity contribution in [3.05, 3.63) is 35.6 Å². The van der Waals surface area contributed by atoms with E-state index in [-0.39, 0.29) is 23.3 Å². The third kappa shape index (κ3) is 2.32. The fraction of sp³-hybridized carbons (Fsp3) is 0.250. The van der Waals surface area contributed by atoms with Crippen molar-refractivity contribution in [3.8, 4) is 0 Å². The summed E-state index contributed by atoms with van der Waals surface area (Å²) in [6, 6.07) is 4.26. The van der Waals surface area contributed by atoms with Crippen LogP contribution in [-0.2, 0) is 10.9 Å². The molecule has 0 fully saturated rings. The fourth-order valence-electron chi connectivity index (χ4n) is 1.52. The Kier molecular flexibility index (Phi) is 3.02. The van der Waals surface area contributed by atoms with E-state index in [0.717, 1.165) is 12.1 Å². The van der Waals surface area contributed by atoms with Gasteiger partial charge in [0.1, 0.15) is 5.58 Å². The lowest BCUT2D eigenvalue weighted by Gasteiger charge is -2.04. The molecule has 0 amide bonds. The van der Waals surface area contributed by atoms with Crippen LogP contribution in [0.15, 0.2) is 28.7 Å². The highest BCUT2D eigenvalue weighted by molar-refractivity contribution is 5.92. The number of rotatable bonds is 2. The SMILES string of the molecule is CCOC(=O)c1cc2cc(C(F)(F)F)ccc2o1. The molecule has 2 rings (SSSR count). The third-order valence-electron chi connectivity index (χ3n) is 2.32. The van der Waals surface area contributed by atoms with Gasteiger partial charge in [0, 0.05) is 5.39 Å². The number of carbonyl (C=O) groups is 1. The van der Waals surface area contributed by atoms with Gasteiger partial charge in [0.05, 0.1) is 12.2 Å². The van der Waals surface area contributed by atoms with Crippen LogP contribution in [-0.4, -0.2) is 12.6 Å². The molecule has 96 valence electrons. The number of benzene rings is 1. The molecule has 0 saturated carbocycles. The smallest absolute Gasteiger partial charge is 0.416 e. The van der Waals surface area contributed by atoms with Gasteiger partial charge in [-0.25, -0.2) is 4.79 Å². The number of hydrogen-bond acceptors (Lipinski definition) is 3. The van der Waals surface area contributed by atoms with Gasteiger partial charge in [-0.2, -0.15) is 13.2 Å². The lowest BCUT2D eigenvalue weighted by molar-refractivity contribution is -0.137. The van der Waals surface area contributed by atoms with Crippen molar-refractivity contribution >= 4 is 16.9 Å². The summed E-state index contributed by atoms with van der Waals surface area (Å²) in [5.74, 6) is -0.798. The van der Waals surface area contributed by atoms with E-state index < -0.39 is 17.7 Å². The predicted molar refractivity (Wildman–Crippen MR) is 57.2 cm³/mol. The Morgan fingerprint density at radius 1 is 1.33 bits per heavy atom. The number of furan rings is 1. The monoisotopic (exact) mass is 258 g/mol. The minimum Gasteiger partial charge on any atom is -0.460 e. The number of fused-ring (bicyclic) bond motifs is 1. The third-order valence-corrected chi connectivity index (χ3v) is 2.32. The molecule has 0 atom stereocenters. The van der Waals surface area contributed by atoms with Crippen LogP contribution in [0.3, 0.4) is 0 Å². The molecule has 18 heavy (non-hydrogen) atoms. The molecule has 1 aromatic carbocycles. The molecule has 0 aliphatic heterocycles. The zero-order chi connectivity index (χ0) is 13.3. The molecule has 0 saturated heterocycles. The lowest BCUT2D eigenvalue weighted by atomic mass is 10.1. The summed E-state index contributed by atoms with van der Waals surface area (Å²) in [7, 11) is 0. The molecule has 3 nitrogen and oxygen atoms in total. The van der Waals surface area contributed by atoms with Crippen molar-refractivity contribution < 1.29 is 27.1 Å². The molecule has 0 unspecified atom stereocenters. The van der Waals surface area contributed by atoms with Gasteiger partial charge in [-0.3, -0.25) is 0 Å². The second-order valence-corrected chi connectivity index (χ2v) is 3.58. The fourth-order valence-corrected chi connectivity index (χ4v) is 1.52. The average Bonchev–Trinajstić information content (AvgIpc) is 2.70. The van der Waals surface area contributed by atoms with E-state index in [1.165, 1.54) is 12.1 Å². The van der Waals surface area contributed by atoms with Gasteiger partial charge in [-0.1, -0.05) is 0 Å². The Bertz CT molecular complexity index is 584. The van der Waals surface area contributed by atoms with Crippen molar-refractivity contribution in [3.63, 3.8) is 0 Å². The van der Waals surface area contributed by atoms with Crippen LogP contribution < -0.4 is 0 Å². The van der Waals surface area contributed by atoms with Crippen LogP contribution in [0.2, 0.25) is 0 Å². The number of ether oxygens (including phenoxy) is 1. The highest BCUT2D eigenvalue weighted by Gasteiger charge is 2.30. The van der Waals surface area contributed by atoms with Crippen molar-refractivity contribution in [2.24, 2.45) is 0 Å². The molecule has 0 bridgehead atoms. The molecule has 6 heteroatoms. The zero-order valence-electron chi connectivity index (χ0n) is 9.38. The molecule has 0 radical (unpaired) electrons. The van der Waals surface area contributed by atoms with E-state index in [9.17, 15) is 18.0 Å². The van der Waals surface area contributed by atoms with Crippen LogP contribution in [0.4, 0.5) is 13.2 Å². The summed E-state index contributed by atoms with van der Waals surface area (Å²) in [4.78, 5) is 11.4. The van der Waals surface area contributed by atoms with Crippen LogP contribution in [0.25, 0.3) is 11.0 Å². The Balaban J connectivity index is 2.43. The van der Waals surface area contributed by atoms with Crippen LogP contribution in [0, 0.1) is 0 Å². The van der Waals surface area contributed by atoms with Crippen molar-refractivity contribution in [2.45, 2.75) is 13.1 Å². The van der Waals surface area contributed by atoms with E-state index in [1.807, 2.05) is 0 Å². The molecular weight excluding hydrogens is 249 g/mol. The molecule has 0 N–H and O–H groups in total. The summed E-state index contributed by atoms with van der Waals surface area (Å²) < 4.78 is 47.2. The normalized spacial score (nSPS) is 11.8. The minimum absolute atomic E-state index is 0.105. The van der Waals surface area contributed by atoms with Crippen LogP contribution >= 0.6 is 0 Å². The van der Waals surface area contributed by atoms with Gasteiger partial charge in [-0.15, -0.1) is 0 Å². The van der Waals surface area contributed by atoms with Crippen LogP contribution in [0.5, 0.6) is 0 Å². The summed E-state index contributed by atoms with van der Waals surface area (Å²) in [5, 5.41) is 0.216. The zero-order valence-corrected chi connectivity index (χ0v) is 9.38. The van der Waals surface area contributed by atoms with Gasteiger partial charge in [-0.05, 0) is 31.2 Å². The molecular formula is C12H9F3O3. The molecule has 0 aliphatic carbocycles. The van der Waals surface area contributed by atoms with E-state index in [4.69, 9.17) is 9.15 Å². The predicted octanol–water partition coefficient (Wildman–Crippen LogP) is 3.63. The van der Waals surface area contributed by atoms with E-state index in [0.29, 0.717) is 0 Å². The first-order valence-corrected chi connectivity index (χ1v) is 5.19. The first-order chi connectivity index (χ1) is 8.41. The van der Waals surface area contributed by atoms with Crippen molar-refractivity contribution in [1.82, 2.24) is 0 Å². The van der Waals surface area contributed by atoms with Crippen molar-refractivity contribution in [1.29, 1.82) is 0 Å². The summed E-state index contributed by atoms with van der Waals surface area (Å²) in [6.07, 6.45) is -4.42. The molecule has 2 aromatic rings. The summed E-state index contributed by atoms with van der Waals surface area (Å²) >= 11 is 0. The summed E-state index contributed by atoms with van der Waals surface area (Å²) in [6.45, 7) is 1.80. The first kappa shape index (κ1) is 12.5. The maximum atomic E-state index is 12.5. The molecule has 0 spiro atoms. The maximum Gasteiger partial charge on any atom is 0.416 e. The number of alkyl halides is 3. The van der Waals surface area contributed by atoms with Gasteiger partial charge in [0.2, 0.25) is 5.76 Å². The maximum absolute atomic E-state index is 12.5. The Labute approximate surface area is 100 Å². The van der Waals surface area contributed by atoms with Gasteiger partial charge in [0.15, 0.2) is 0 Å². The van der Waals surface area contributed by atoms with E-state index in [1.54, 1.807) is 6.92 Å². The largest absolute Gasteiger partial charge is 0.460 e. The van der Waals surface area contributed by atoms with Crippen LogP contribution in [0.1, 0.15) is 23.0 Å². The number of halogens is 3. The Hall–Kier alpha value is -1.98. The minimum atomic E-state index is -4.42. The quantitative estimate of drug-likeness (QED) is 0.772. The second-order valence-electron chi connectivity index (χ2n) is 3.58. The van der Waals surface area contributed by atoms with Gasteiger partial charge >= 0.3 is 12.1 Å². The first-order valence-electron chi connectivity index (χ1n) is 5.19. The lowest BCUT2D eigenvalue weighted by Crippen LogP contribution is -2.03. The van der Waals surface area contributed by atoms with Gasteiger partial charge < -0.3 is 9.15 Å². The van der Waals surface area contributed by atoms with Gasteiger partial charge in [0.25, 0.3) is 0 Å². The highest BCUT2D eigenvalue weighted by Crippen LogP contribution is 2.32. The molecule has 0 aliphatic rings. The second kappa shape index (κ2) is 4.36. The highest BCUT2D eigenvalue weighted by atomic mass is 19.4. The average molecular weight is 258 g/mol. The molecule has 1 aromatic heterocycles. The Morgan fingerprint density at radius 2 is 2.06 bits per heavy atom. The Morgan fingerprint density at radius 3 is 2.67 bits per heavy atom. The number of hydrogen-bond donors (Lipinski definition) is 0. The van der Waals surface area contributed by atoms with E-state index >= 15 is 0 Å². The van der Waals surface area contributed by atoms with Crippen molar-refractivity contribution in [2.75, 3.05) is 6.61 Å².